The lowest BCUT2D eigenvalue weighted by Crippen LogP contribution is -2.31. The number of anilines is 2. The predicted octanol–water partition coefficient (Wildman–Crippen LogP) is 5.55. The molecule has 194 valence electrons. The van der Waals surface area contributed by atoms with Crippen LogP contribution in [0.4, 0.5) is 11.6 Å². The number of hydrogen-bond acceptors (Lipinski definition) is 7. The van der Waals surface area contributed by atoms with E-state index in [1.165, 1.54) is 0 Å². The second-order valence-corrected chi connectivity index (χ2v) is 8.99. The Morgan fingerprint density at radius 3 is 2.24 bits per heavy atom. The molecule has 1 atom stereocenters. The highest BCUT2D eigenvalue weighted by molar-refractivity contribution is 6.30. The molecular formula is C28H26ClN5O4. The molecule has 0 radical (unpaired) electrons. The summed E-state index contributed by atoms with van der Waals surface area (Å²) in [5.41, 5.74) is 3.34. The zero-order valence-electron chi connectivity index (χ0n) is 21.3. The molecule has 38 heavy (non-hydrogen) atoms. The monoisotopic (exact) mass is 531 g/mol. The quantitative estimate of drug-likeness (QED) is 0.322. The molecule has 1 aliphatic heterocycles. The second kappa shape index (κ2) is 10.5. The van der Waals surface area contributed by atoms with Crippen LogP contribution < -0.4 is 24.8 Å². The number of nitrogens with zero attached hydrogens (tertiary/aromatic N) is 3. The molecule has 9 nitrogen and oxygen atoms in total. The summed E-state index contributed by atoms with van der Waals surface area (Å²) in [7, 11) is 4.65. The fraction of sp³-hybridized carbons (Fsp3) is 0.179. The van der Waals surface area contributed by atoms with Crippen molar-refractivity contribution < 1.29 is 19.0 Å². The summed E-state index contributed by atoms with van der Waals surface area (Å²) in [5, 5.41) is 11.7. The van der Waals surface area contributed by atoms with E-state index in [1.807, 2.05) is 49.4 Å². The first kappa shape index (κ1) is 25.2. The molecule has 0 saturated carbocycles. The first-order chi connectivity index (χ1) is 18.4. The van der Waals surface area contributed by atoms with Crippen LogP contribution in [0.5, 0.6) is 17.2 Å². The first-order valence-electron chi connectivity index (χ1n) is 11.8. The number of amides is 1. The van der Waals surface area contributed by atoms with E-state index in [2.05, 4.69) is 10.6 Å². The van der Waals surface area contributed by atoms with Gasteiger partial charge in [-0.2, -0.15) is 4.98 Å². The number of aromatic nitrogens is 3. The number of methoxy groups -OCH3 is 3. The number of para-hydroxylation sites is 1. The van der Waals surface area contributed by atoms with E-state index in [-0.39, 0.29) is 5.91 Å². The summed E-state index contributed by atoms with van der Waals surface area (Å²) in [4.78, 5) is 18.4. The number of halogens is 1. The molecule has 0 bridgehead atoms. The Balaban J connectivity index is 1.62. The predicted molar refractivity (Wildman–Crippen MR) is 146 cm³/mol. The Morgan fingerprint density at radius 2 is 1.63 bits per heavy atom. The van der Waals surface area contributed by atoms with Crippen molar-refractivity contribution in [2.24, 2.45) is 0 Å². The van der Waals surface area contributed by atoms with Crippen molar-refractivity contribution in [3.05, 3.63) is 88.6 Å². The van der Waals surface area contributed by atoms with Gasteiger partial charge in [-0.15, -0.1) is 5.10 Å². The van der Waals surface area contributed by atoms with Gasteiger partial charge in [0.2, 0.25) is 11.7 Å². The molecule has 3 aromatic carbocycles. The van der Waals surface area contributed by atoms with E-state index >= 15 is 0 Å². The maximum atomic E-state index is 13.6. The van der Waals surface area contributed by atoms with E-state index in [9.17, 15) is 4.79 Å². The van der Waals surface area contributed by atoms with E-state index < -0.39 is 6.04 Å². The van der Waals surface area contributed by atoms with Crippen molar-refractivity contribution in [1.82, 2.24) is 14.8 Å². The molecule has 1 aliphatic rings. The third-order valence-corrected chi connectivity index (χ3v) is 6.49. The molecule has 10 heteroatoms. The maximum absolute atomic E-state index is 13.6. The zero-order valence-corrected chi connectivity index (χ0v) is 22.0. The molecule has 0 aliphatic carbocycles. The van der Waals surface area contributed by atoms with Gasteiger partial charge in [-0.05, 0) is 48.9 Å². The standard InChI is InChI=1S/C28H26ClN5O4/c1-16-23(27(35)31-20-8-6-5-7-9-20)24(17-10-12-19(29)13-11-17)34-28(30-16)32-26(33-34)18-14-21(36-2)25(38-4)22(15-18)37-3/h5-15,24H,1-4H3,(H,31,35)(H,30,32,33). The van der Waals surface area contributed by atoms with Gasteiger partial charge in [0.1, 0.15) is 6.04 Å². The first-order valence-corrected chi connectivity index (χ1v) is 12.2. The van der Waals surface area contributed by atoms with Crippen molar-refractivity contribution in [2.45, 2.75) is 13.0 Å². The molecule has 5 rings (SSSR count). The smallest absolute Gasteiger partial charge is 0.255 e. The lowest BCUT2D eigenvalue weighted by molar-refractivity contribution is -0.113. The van der Waals surface area contributed by atoms with Crippen LogP contribution in [-0.4, -0.2) is 42.0 Å². The Labute approximate surface area is 225 Å². The van der Waals surface area contributed by atoms with Crippen LogP contribution in [0.2, 0.25) is 5.02 Å². The second-order valence-electron chi connectivity index (χ2n) is 8.56. The Bertz CT molecular complexity index is 1490. The summed E-state index contributed by atoms with van der Waals surface area (Å²) in [6, 6.07) is 19.6. The van der Waals surface area contributed by atoms with E-state index in [0.717, 1.165) is 5.56 Å². The minimum atomic E-state index is -0.560. The number of allylic oxidation sites excluding steroid dienone is 1. The number of benzene rings is 3. The van der Waals surface area contributed by atoms with Gasteiger partial charge in [-0.3, -0.25) is 4.79 Å². The third kappa shape index (κ3) is 4.64. The van der Waals surface area contributed by atoms with Crippen LogP contribution in [0.25, 0.3) is 11.4 Å². The maximum Gasteiger partial charge on any atom is 0.255 e. The fourth-order valence-corrected chi connectivity index (χ4v) is 4.58. The molecular weight excluding hydrogens is 506 g/mol. The number of carbonyl (C=O) groups is 1. The minimum absolute atomic E-state index is 0.253. The average molecular weight is 532 g/mol. The highest BCUT2D eigenvalue weighted by Gasteiger charge is 2.34. The van der Waals surface area contributed by atoms with Crippen molar-refractivity contribution in [2.75, 3.05) is 32.0 Å². The summed E-state index contributed by atoms with van der Waals surface area (Å²) in [6.45, 7) is 1.85. The fourth-order valence-electron chi connectivity index (χ4n) is 4.45. The van der Waals surface area contributed by atoms with Gasteiger partial charge in [0.15, 0.2) is 17.3 Å². The number of carbonyl (C=O) groups excluding carboxylic acids is 1. The van der Waals surface area contributed by atoms with Crippen LogP contribution in [0.3, 0.4) is 0 Å². The van der Waals surface area contributed by atoms with Gasteiger partial charge < -0.3 is 24.8 Å². The van der Waals surface area contributed by atoms with Crippen molar-refractivity contribution in [3.8, 4) is 28.6 Å². The van der Waals surface area contributed by atoms with Crippen LogP contribution >= 0.6 is 11.6 Å². The Hall–Kier alpha value is -4.50. The number of rotatable bonds is 7. The lowest BCUT2D eigenvalue weighted by atomic mass is 9.95. The largest absolute Gasteiger partial charge is 0.493 e. The molecule has 2 heterocycles. The van der Waals surface area contributed by atoms with Crippen LogP contribution in [0.1, 0.15) is 18.5 Å². The summed E-state index contributed by atoms with van der Waals surface area (Å²) < 4.78 is 18.2. The van der Waals surface area contributed by atoms with Crippen molar-refractivity contribution >= 4 is 29.1 Å². The summed E-state index contributed by atoms with van der Waals surface area (Å²) >= 11 is 6.18. The number of nitrogens with one attached hydrogen (secondary N) is 2. The van der Waals surface area contributed by atoms with Gasteiger partial charge in [-0.25, -0.2) is 4.68 Å². The molecule has 1 unspecified atom stereocenters. The molecule has 0 spiro atoms. The highest BCUT2D eigenvalue weighted by Crippen LogP contribution is 2.42. The molecule has 0 fully saturated rings. The highest BCUT2D eigenvalue weighted by atomic mass is 35.5. The topological polar surface area (TPSA) is 99.5 Å². The van der Waals surface area contributed by atoms with Gasteiger partial charge in [0.05, 0.1) is 26.9 Å². The molecule has 2 N–H and O–H groups in total. The lowest BCUT2D eigenvalue weighted by Gasteiger charge is -2.28. The van der Waals surface area contributed by atoms with Crippen molar-refractivity contribution in [3.63, 3.8) is 0 Å². The third-order valence-electron chi connectivity index (χ3n) is 6.24. The van der Waals surface area contributed by atoms with Gasteiger partial charge >= 0.3 is 0 Å². The molecule has 0 saturated heterocycles. The Kier molecular flexibility index (Phi) is 6.93. The van der Waals surface area contributed by atoms with Crippen LogP contribution in [-0.2, 0) is 4.79 Å². The minimum Gasteiger partial charge on any atom is -0.493 e. The number of fused-ring (bicyclic) bond motifs is 1. The number of ether oxygens (including phenoxy) is 3. The van der Waals surface area contributed by atoms with Gasteiger partial charge in [0.25, 0.3) is 5.91 Å². The summed E-state index contributed by atoms with van der Waals surface area (Å²) in [5.74, 6) is 2.09. The van der Waals surface area contributed by atoms with Gasteiger partial charge in [0, 0.05) is 22.0 Å². The van der Waals surface area contributed by atoms with Gasteiger partial charge in [-0.1, -0.05) is 41.9 Å². The summed E-state index contributed by atoms with van der Waals surface area (Å²) in [6.07, 6.45) is 0. The van der Waals surface area contributed by atoms with Crippen LogP contribution in [0.15, 0.2) is 78.0 Å². The molecule has 4 aromatic rings. The van der Waals surface area contributed by atoms with E-state index in [0.29, 0.717) is 56.6 Å². The normalized spacial score (nSPS) is 14.4. The molecule has 1 amide bonds. The Morgan fingerprint density at radius 1 is 0.974 bits per heavy atom. The average Bonchev–Trinajstić information content (AvgIpc) is 3.36. The van der Waals surface area contributed by atoms with E-state index in [1.54, 1.807) is 50.3 Å². The SMILES string of the molecule is COc1cc(-c2nc3n(n2)C(c2ccc(Cl)cc2)C(C(=O)Nc2ccccc2)=C(C)N3)cc(OC)c1OC. The van der Waals surface area contributed by atoms with Crippen molar-refractivity contribution in [1.29, 1.82) is 0 Å². The number of hydrogen-bond donors (Lipinski definition) is 2. The van der Waals surface area contributed by atoms with E-state index in [4.69, 9.17) is 35.9 Å². The van der Waals surface area contributed by atoms with Crippen LogP contribution in [0, 0.1) is 0 Å². The zero-order chi connectivity index (χ0) is 26.8. The molecule has 1 aromatic heterocycles.